The number of amides is 2. The lowest BCUT2D eigenvalue weighted by Crippen LogP contribution is -2.44. The van der Waals surface area contributed by atoms with Crippen LogP contribution in [0.15, 0.2) is 54.6 Å². The number of likely N-dealkylation sites (N-methyl/N-ethyl adjacent to an activating group) is 1. The van der Waals surface area contributed by atoms with Crippen LogP contribution in [-0.2, 0) is 0 Å². The third-order valence-electron chi connectivity index (χ3n) is 5.91. The molecule has 6 heteroatoms. The summed E-state index contributed by atoms with van der Waals surface area (Å²) < 4.78 is 5.84. The Morgan fingerprint density at radius 2 is 1.79 bits per heavy atom. The third kappa shape index (κ3) is 4.82. The molecule has 0 aliphatic carbocycles. The summed E-state index contributed by atoms with van der Waals surface area (Å²) in [6.45, 7) is 5.16. The minimum atomic E-state index is 0.000189. The molecule has 2 aliphatic rings. The van der Waals surface area contributed by atoms with Crippen LogP contribution in [0.25, 0.3) is 0 Å². The number of anilines is 2. The smallest absolute Gasteiger partial charge is 0.321 e. The van der Waals surface area contributed by atoms with Crippen LogP contribution < -0.4 is 19.9 Å². The van der Waals surface area contributed by atoms with Gasteiger partial charge in [0.15, 0.2) is 0 Å². The molecule has 4 rings (SSSR count). The number of piperidine rings is 1. The molecule has 0 aromatic heterocycles. The number of urea groups is 1. The standard InChI is InChI=1S/C23H30N4O2/c1-25(16-17-29-22-8-3-2-4-9-22)19-10-13-26(14-11-19)20-6-5-7-21(18-20)27-15-12-24-23(27)28/h2-9,18-19H,10-17H2,1H3,(H,24,28). The molecule has 1 N–H and O–H groups in total. The Balaban J connectivity index is 1.26. The summed E-state index contributed by atoms with van der Waals surface area (Å²) in [6.07, 6.45) is 2.27. The summed E-state index contributed by atoms with van der Waals surface area (Å²) in [4.78, 5) is 18.6. The van der Waals surface area contributed by atoms with Crippen LogP contribution in [0.2, 0.25) is 0 Å². The van der Waals surface area contributed by atoms with E-state index < -0.39 is 0 Å². The quantitative estimate of drug-likeness (QED) is 0.784. The topological polar surface area (TPSA) is 48.1 Å². The average Bonchev–Trinajstić information content (AvgIpc) is 3.20. The highest BCUT2D eigenvalue weighted by Crippen LogP contribution is 2.27. The molecular weight excluding hydrogens is 364 g/mol. The highest BCUT2D eigenvalue weighted by Gasteiger charge is 2.24. The second-order valence-corrected chi connectivity index (χ2v) is 7.76. The van der Waals surface area contributed by atoms with Crippen molar-refractivity contribution in [2.75, 3.05) is 56.2 Å². The van der Waals surface area contributed by atoms with E-state index in [-0.39, 0.29) is 6.03 Å². The Morgan fingerprint density at radius 1 is 1.03 bits per heavy atom. The number of benzene rings is 2. The normalized spacial score (nSPS) is 17.7. The first kappa shape index (κ1) is 19.6. The Labute approximate surface area is 173 Å². The molecule has 0 unspecified atom stereocenters. The second kappa shape index (κ2) is 9.18. The van der Waals surface area contributed by atoms with Gasteiger partial charge in [0.25, 0.3) is 0 Å². The van der Waals surface area contributed by atoms with E-state index >= 15 is 0 Å². The Bertz CT molecular complexity index is 806. The molecule has 6 nitrogen and oxygen atoms in total. The summed E-state index contributed by atoms with van der Waals surface area (Å²) in [5.41, 5.74) is 2.19. The van der Waals surface area contributed by atoms with Crippen molar-refractivity contribution in [1.82, 2.24) is 10.2 Å². The number of hydrogen-bond donors (Lipinski definition) is 1. The summed E-state index contributed by atoms with van der Waals surface area (Å²) in [7, 11) is 2.20. The largest absolute Gasteiger partial charge is 0.492 e. The predicted octanol–water partition coefficient (Wildman–Crippen LogP) is 3.20. The summed E-state index contributed by atoms with van der Waals surface area (Å²) in [6, 6.07) is 18.9. The van der Waals surface area contributed by atoms with Gasteiger partial charge in [-0.2, -0.15) is 0 Å². The molecule has 2 heterocycles. The van der Waals surface area contributed by atoms with E-state index in [4.69, 9.17) is 4.74 Å². The second-order valence-electron chi connectivity index (χ2n) is 7.76. The lowest BCUT2D eigenvalue weighted by Gasteiger charge is -2.38. The monoisotopic (exact) mass is 394 g/mol. The summed E-state index contributed by atoms with van der Waals surface area (Å²) in [5.74, 6) is 0.933. The van der Waals surface area contributed by atoms with E-state index in [1.165, 1.54) is 5.69 Å². The van der Waals surface area contributed by atoms with E-state index in [0.717, 1.165) is 57.0 Å². The molecule has 2 aliphatic heterocycles. The SMILES string of the molecule is CN(CCOc1ccccc1)C1CCN(c2cccc(N3CCNC3=O)c2)CC1. The molecule has 0 saturated carbocycles. The average molecular weight is 395 g/mol. The number of carbonyl (C=O) groups is 1. The van der Waals surface area contributed by atoms with Gasteiger partial charge in [-0.25, -0.2) is 4.79 Å². The molecule has 0 bridgehead atoms. The molecule has 154 valence electrons. The summed E-state index contributed by atoms with van der Waals surface area (Å²) >= 11 is 0. The molecule has 29 heavy (non-hydrogen) atoms. The van der Waals surface area contributed by atoms with Gasteiger partial charge in [0.1, 0.15) is 12.4 Å². The number of carbonyl (C=O) groups excluding carboxylic acids is 1. The van der Waals surface area contributed by atoms with Crippen molar-refractivity contribution in [2.45, 2.75) is 18.9 Å². The van der Waals surface area contributed by atoms with Gasteiger partial charge in [0.2, 0.25) is 0 Å². The van der Waals surface area contributed by atoms with Crippen LogP contribution >= 0.6 is 0 Å². The van der Waals surface area contributed by atoms with Crippen molar-refractivity contribution in [3.63, 3.8) is 0 Å². The van der Waals surface area contributed by atoms with Gasteiger partial charge in [0.05, 0.1) is 0 Å². The third-order valence-corrected chi connectivity index (χ3v) is 5.91. The lowest BCUT2D eigenvalue weighted by atomic mass is 10.0. The molecule has 2 amide bonds. The molecule has 2 saturated heterocycles. The van der Waals surface area contributed by atoms with Crippen molar-refractivity contribution in [1.29, 1.82) is 0 Å². The van der Waals surface area contributed by atoms with Crippen LogP contribution in [0.3, 0.4) is 0 Å². The zero-order chi connectivity index (χ0) is 20.1. The molecule has 0 atom stereocenters. The van der Waals surface area contributed by atoms with Crippen LogP contribution in [-0.4, -0.2) is 63.4 Å². The van der Waals surface area contributed by atoms with Gasteiger partial charge in [-0.05, 0) is 50.2 Å². The first-order valence-corrected chi connectivity index (χ1v) is 10.5. The van der Waals surface area contributed by atoms with Gasteiger partial charge >= 0.3 is 6.03 Å². The van der Waals surface area contributed by atoms with Gasteiger partial charge in [-0.15, -0.1) is 0 Å². The van der Waals surface area contributed by atoms with Crippen molar-refractivity contribution in [3.8, 4) is 5.75 Å². The number of ether oxygens (including phenoxy) is 1. The zero-order valence-corrected chi connectivity index (χ0v) is 17.1. The molecule has 2 fully saturated rings. The van der Waals surface area contributed by atoms with Crippen molar-refractivity contribution >= 4 is 17.4 Å². The van der Waals surface area contributed by atoms with Crippen molar-refractivity contribution in [3.05, 3.63) is 54.6 Å². The first-order valence-electron chi connectivity index (χ1n) is 10.5. The number of nitrogens with one attached hydrogen (secondary N) is 1. The first-order chi connectivity index (χ1) is 14.2. The lowest BCUT2D eigenvalue weighted by molar-refractivity contribution is 0.170. The number of rotatable bonds is 7. The fraction of sp³-hybridized carbons (Fsp3) is 0.435. The molecule has 0 radical (unpaired) electrons. The van der Waals surface area contributed by atoms with Gasteiger partial charge in [-0.1, -0.05) is 24.3 Å². The van der Waals surface area contributed by atoms with Crippen LogP contribution in [0, 0.1) is 0 Å². The van der Waals surface area contributed by atoms with Gasteiger partial charge < -0.3 is 15.0 Å². The highest BCUT2D eigenvalue weighted by atomic mass is 16.5. The zero-order valence-electron chi connectivity index (χ0n) is 17.1. The molecule has 2 aromatic rings. The minimum Gasteiger partial charge on any atom is -0.492 e. The van der Waals surface area contributed by atoms with Gasteiger partial charge in [0, 0.05) is 50.1 Å². The van der Waals surface area contributed by atoms with E-state index in [2.05, 4.69) is 40.4 Å². The number of hydrogen-bond acceptors (Lipinski definition) is 4. The van der Waals surface area contributed by atoms with Crippen molar-refractivity contribution in [2.24, 2.45) is 0 Å². The van der Waals surface area contributed by atoms with Crippen molar-refractivity contribution < 1.29 is 9.53 Å². The Hall–Kier alpha value is -2.73. The minimum absolute atomic E-state index is 0.000189. The Morgan fingerprint density at radius 3 is 2.52 bits per heavy atom. The highest BCUT2D eigenvalue weighted by molar-refractivity contribution is 5.94. The fourth-order valence-electron chi connectivity index (χ4n) is 4.15. The number of nitrogens with zero attached hydrogens (tertiary/aromatic N) is 3. The van der Waals surface area contributed by atoms with Crippen LogP contribution in [0.1, 0.15) is 12.8 Å². The number of para-hydroxylation sites is 1. The van der Waals surface area contributed by atoms with Crippen LogP contribution in [0.4, 0.5) is 16.2 Å². The van der Waals surface area contributed by atoms with E-state index in [1.807, 2.05) is 41.3 Å². The van der Waals surface area contributed by atoms with Gasteiger partial charge in [-0.3, -0.25) is 9.80 Å². The molecule has 0 spiro atoms. The Kier molecular flexibility index (Phi) is 6.20. The van der Waals surface area contributed by atoms with E-state index in [9.17, 15) is 4.79 Å². The maximum absolute atomic E-state index is 11.9. The maximum atomic E-state index is 11.9. The van der Waals surface area contributed by atoms with E-state index in [0.29, 0.717) is 12.6 Å². The predicted molar refractivity (Wildman–Crippen MR) is 117 cm³/mol. The summed E-state index contributed by atoms with van der Waals surface area (Å²) in [5, 5.41) is 2.87. The maximum Gasteiger partial charge on any atom is 0.321 e. The molecule has 2 aromatic carbocycles. The molecular formula is C23H30N4O2. The van der Waals surface area contributed by atoms with Crippen LogP contribution in [0.5, 0.6) is 5.75 Å². The fourth-order valence-corrected chi connectivity index (χ4v) is 4.15. The van der Waals surface area contributed by atoms with E-state index in [1.54, 1.807) is 0 Å².